The Kier molecular flexibility index (Phi) is 7.86. The van der Waals surface area contributed by atoms with E-state index < -0.39 is 7.26 Å². The van der Waals surface area contributed by atoms with E-state index in [1.807, 2.05) is 6.92 Å². The van der Waals surface area contributed by atoms with Crippen LogP contribution in [-0.2, 0) is 9.53 Å². The van der Waals surface area contributed by atoms with E-state index in [1.54, 1.807) is 0 Å². The third kappa shape index (κ3) is 4.38. The van der Waals surface area contributed by atoms with Gasteiger partial charge in [-0.25, -0.2) is 4.79 Å². The number of esters is 1. The van der Waals surface area contributed by atoms with Gasteiger partial charge in [0.25, 0.3) is 0 Å². The molecule has 30 heavy (non-hydrogen) atoms. The number of ether oxygens (including phenoxy) is 1. The van der Waals surface area contributed by atoms with Crippen LogP contribution in [0.1, 0.15) is 42.2 Å². The standard InChI is InChI=1S/C26H28O2P.BrH/c1-2-28-26(27)20-29(23-16-10-5-11-17-23)24(21-12-6-3-7-13-21)18-19-25(29)22-14-8-4-9-15-22;/h3-17,24-25H,2,18-20H2,1H3;1H/q+1;/p-1/t24-,25-;/m0./s1. The molecular formula is C26H28BrO2P. The molecule has 0 spiro atoms. The van der Waals surface area contributed by atoms with Crippen molar-refractivity contribution < 1.29 is 26.5 Å². The molecule has 0 aromatic heterocycles. The second-order valence-corrected chi connectivity index (χ2v) is 11.6. The molecule has 0 N–H and O–H groups in total. The van der Waals surface area contributed by atoms with Crippen molar-refractivity contribution in [3.05, 3.63) is 102 Å². The number of hydrogen-bond acceptors (Lipinski definition) is 2. The van der Waals surface area contributed by atoms with Gasteiger partial charge in [0.1, 0.15) is 11.3 Å². The van der Waals surface area contributed by atoms with Gasteiger partial charge in [-0.05, 0) is 43.0 Å². The van der Waals surface area contributed by atoms with Gasteiger partial charge >= 0.3 is 5.97 Å². The summed E-state index contributed by atoms with van der Waals surface area (Å²) in [6.07, 6.45) is 2.71. The zero-order valence-corrected chi connectivity index (χ0v) is 19.8. The Morgan fingerprint density at radius 3 is 1.67 bits per heavy atom. The third-order valence-corrected chi connectivity index (χ3v) is 11.5. The monoisotopic (exact) mass is 482 g/mol. The topological polar surface area (TPSA) is 26.3 Å². The molecule has 3 aromatic carbocycles. The fraction of sp³-hybridized carbons (Fsp3) is 0.269. The van der Waals surface area contributed by atoms with Crippen molar-refractivity contribution in [2.75, 3.05) is 12.8 Å². The first-order chi connectivity index (χ1) is 14.3. The summed E-state index contributed by atoms with van der Waals surface area (Å²) in [4.78, 5) is 12.9. The van der Waals surface area contributed by atoms with Gasteiger partial charge in [-0.15, -0.1) is 0 Å². The van der Waals surface area contributed by atoms with Gasteiger partial charge in [0, 0.05) is 0 Å². The number of benzene rings is 3. The van der Waals surface area contributed by atoms with Crippen molar-refractivity contribution >= 4 is 18.5 Å². The van der Waals surface area contributed by atoms with Crippen LogP contribution in [0.5, 0.6) is 0 Å². The van der Waals surface area contributed by atoms with Crippen molar-refractivity contribution in [2.45, 2.75) is 31.1 Å². The summed E-state index contributed by atoms with van der Waals surface area (Å²) in [6, 6.07) is 32.3. The Bertz CT molecular complexity index is 884. The minimum atomic E-state index is -1.92. The number of carbonyl (C=O) groups excluding carboxylic acids is 1. The highest BCUT2D eigenvalue weighted by atomic mass is 79.9. The molecule has 4 rings (SSSR count). The van der Waals surface area contributed by atoms with Gasteiger partial charge in [0.05, 0.1) is 19.2 Å². The van der Waals surface area contributed by atoms with Crippen LogP contribution in [-0.4, -0.2) is 18.7 Å². The number of rotatable bonds is 6. The Labute approximate surface area is 190 Å². The summed E-state index contributed by atoms with van der Waals surface area (Å²) in [6.45, 7) is 2.32. The summed E-state index contributed by atoms with van der Waals surface area (Å²) in [5, 5.41) is 1.34. The molecular weight excluding hydrogens is 455 g/mol. The molecule has 156 valence electrons. The zero-order chi connectivity index (χ0) is 20.1. The maximum Gasteiger partial charge on any atom is 0.344 e. The van der Waals surface area contributed by atoms with Crippen LogP contribution in [0, 0.1) is 0 Å². The molecule has 4 heteroatoms. The third-order valence-electron chi connectivity index (χ3n) is 6.13. The number of hydrogen-bond donors (Lipinski definition) is 0. The van der Waals surface area contributed by atoms with E-state index in [1.165, 1.54) is 16.4 Å². The molecule has 2 atom stereocenters. The quantitative estimate of drug-likeness (QED) is 0.398. The summed E-state index contributed by atoms with van der Waals surface area (Å²) >= 11 is 0. The highest BCUT2D eigenvalue weighted by Gasteiger charge is 2.60. The van der Waals surface area contributed by atoms with E-state index in [4.69, 9.17) is 4.74 Å². The molecule has 1 aliphatic rings. The van der Waals surface area contributed by atoms with Crippen molar-refractivity contribution in [3.8, 4) is 0 Å². The van der Waals surface area contributed by atoms with Crippen LogP contribution in [0.4, 0.5) is 0 Å². The van der Waals surface area contributed by atoms with Crippen LogP contribution in [0.2, 0.25) is 0 Å². The van der Waals surface area contributed by atoms with Crippen molar-refractivity contribution in [1.82, 2.24) is 0 Å². The summed E-state index contributed by atoms with van der Waals surface area (Å²) in [5.41, 5.74) is 3.46. The van der Waals surface area contributed by atoms with Gasteiger partial charge in [-0.1, -0.05) is 78.9 Å². The van der Waals surface area contributed by atoms with E-state index in [0.717, 1.165) is 12.8 Å². The molecule has 0 radical (unpaired) electrons. The van der Waals surface area contributed by atoms with Crippen LogP contribution in [0.15, 0.2) is 91.0 Å². The predicted octanol–water partition coefficient (Wildman–Crippen LogP) is 3.17. The van der Waals surface area contributed by atoms with Crippen LogP contribution in [0.25, 0.3) is 0 Å². The minimum absolute atomic E-state index is 0. The van der Waals surface area contributed by atoms with E-state index >= 15 is 0 Å². The van der Waals surface area contributed by atoms with Crippen LogP contribution in [0.3, 0.4) is 0 Å². The molecule has 0 amide bonds. The lowest BCUT2D eigenvalue weighted by Gasteiger charge is -2.34. The molecule has 2 nitrogen and oxygen atoms in total. The minimum Gasteiger partial charge on any atom is -1.00 e. The molecule has 0 bridgehead atoms. The first-order valence-corrected chi connectivity index (χ1v) is 12.6. The zero-order valence-electron chi connectivity index (χ0n) is 17.3. The lowest BCUT2D eigenvalue weighted by Crippen LogP contribution is -3.00. The highest BCUT2D eigenvalue weighted by Crippen LogP contribution is 2.83. The SMILES string of the molecule is CCOC(=O)C[P+]1(c2ccccc2)[C@H](c2ccccc2)CC[C@H]1c1ccccc1.[Br-]. The van der Waals surface area contributed by atoms with Crippen molar-refractivity contribution in [2.24, 2.45) is 0 Å². The average Bonchev–Trinajstić information content (AvgIpc) is 3.15. The maximum absolute atomic E-state index is 12.9. The Morgan fingerprint density at radius 2 is 1.23 bits per heavy atom. The first-order valence-electron chi connectivity index (χ1n) is 10.4. The molecule has 1 saturated heterocycles. The van der Waals surface area contributed by atoms with Gasteiger partial charge in [0.15, 0.2) is 6.16 Å². The maximum atomic E-state index is 12.9. The number of halogens is 1. The van der Waals surface area contributed by atoms with E-state index in [0.29, 0.717) is 24.1 Å². The Balaban J connectivity index is 0.00000256. The number of carbonyl (C=O) groups is 1. The normalized spacial score (nSPS) is 19.6. The van der Waals surface area contributed by atoms with Crippen molar-refractivity contribution in [3.63, 3.8) is 0 Å². The van der Waals surface area contributed by atoms with E-state index in [2.05, 4.69) is 91.0 Å². The van der Waals surface area contributed by atoms with E-state index in [-0.39, 0.29) is 23.0 Å². The molecule has 1 fully saturated rings. The van der Waals surface area contributed by atoms with E-state index in [9.17, 15) is 4.79 Å². The Morgan fingerprint density at radius 1 is 0.800 bits per heavy atom. The summed E-state index contributed by atoms with van der Waals surface area (Å²) in [5.74, 6) is -0.0616. The predicted molar refractivity (Wildman–Crippen MR) is 122 cm³/mol. The van der Waals surface area contributed by atoms with Gasteiger partial charge in [-0.2, -0.15) is 0 Å². The Hall–Kier alpha value is -1.96. The molecule has 0 saturated carbocycles. The highest BCUT2D eigenvalue weighted by molar-refractivity contribution is 7.84. The molecule has 1 heterocycles. The lowest BCUT2D eigenvalue weighted by molar-refractivity contribution is -0.140. The molecule has 1 aliphatic heterocycles. The average molecular weight is 483 g/mol. The van der Waals surface area contributed by atoms with Gasteiger partial charge in [-0.3, -0.25) is 0 Å². The largest absolute Gasteiger partial charge is 1.00 e. The van der Waals surface area contributed by atoms with Crippen LogP contribution >= 0.6 is 7.26 Å². The first kappa shape index (κ1) is 22.7. The van der Waals surface area contributed by atoms with Crippen molar-refractivity contribution in [1.29, 1.82) is 0 Å². The second kappa shape index (κ2) is 10.4. The summed E-state index contributed by atoms with van der Waals surface area (Å²) < 4.78 is 5.51. The smallest absolute Gasteiger partial charge is 0.344 e. The molecule has 0 aliphatic carbocycles. The summed E-state index contributed by atoms with van der Waals surface area (Å²) in [7, 11) is -1.92. The fourth-order valence-electron chi connectivity index (χ4n) is 5.01. The van der Waals surface area contributed by atoms with Gasteiger partial charge in [0.2, 0.25) is 0 Å². The van der Waals surface area contributed by atoms with Gasteiger partial charge < -0.3 is 21.7 Å². The fourth-order valence-corrected chi connectivity index (χ4v) is 10.7. The molecule has 3 aromatic rings. The second-order valence-electron chi connectivity index (χ2n) is 7.66. The lowest BCUT2D eigenvalue weighted by atomic mass is 10.0. The molecule has 0 unspecified atom stereocenters. The van der Waals surface area contributed by atoms with Crippen LogP contribution < -0.4 is 22.3 Å².